The molecule has 0 spiro atoms. The molecule has 27 heavy (non-hydrogen) atoms. The van der Waals surface area contributed by atoms with Gasteiger partial charge in [0.05, 0.1) is 6.04 Å². The SMILES string of the molecule is CC[C@@H](C)[C@H](NC(=O)[C@@H]1Cc2ccccc2CN1)C(=O)NC1CCCCC1. The monoisotopic (exact) mass is 371 g/mol. The topological polar surface area (TPSA) is 70.2 Å². The smallest absolute Gasteiger partial charge is 0.243 e. The Labute approximate surface area is 162 Å². The maximum atomic E-state index is 12.9. The summed E-state index contributed by atoms with van der Waals surface area (Å²) in [6.07, 6.45) is 7.23. The minimum absolute atomic E-state index is 0.0270. The maximum Gasteiger partial charge on any atom is 0.243 e. The van der Waals surface area contributed by atoms with Gasteiger partial charge in [0.15, 0.2) is 0 Å². The molecule has 0 saturated heterocycles. The number of hydrogen-bond acceptors (Lipinski definition) is 3. The predicted octanol–water partition coefficient (Wildman–Crippen LogP) is 2.68. The van der Waals surface area contributed by atoms with Gasteiger partial charge in [0.1, 0.15) is 6.04 Å². The second-order valence-corrected chi connectivity index (χ2v) is 8.12. The van der Waals surface area contributed by atoms with Crippen LogP contribution in [0.1, 0.15) is 63.5 Å². The van der Waals surface area contributed by atoms with Crippen molar-refractivity contribution in [3.63, 3.8) is 0 Å². The lowest BCUT2D eigenvalue weighted by atomic mass is 9.92. The van der Waals surface area contributed by atoms with Crippen LogP contribution in [0.4, 0.5) is 0 Å². The van der Waals surface area contributed by atoms with E-state index >= 15 is 0 Å². The zero-order valence-corrected chi connectivity index (χ0v) is 16.6. The minimum atomic E-state index is -0.469. The van der Waals surface area contributed by atoms with Gasteiger partial charge in [0.25, 0.3) is 0 Å². The Hall–Kier alpha value is -1.88. The van der Waals surface area contributed by atoms with Gasteiger partial charge < -0.3 is 16.0 Å². The molecule has 0 radical (unpaired) electrons. The highest BCUT2D eigenvalue weighted by Crippen LogP contribution is 2.19. The maximum absolute atomic E-state index is 12.9. The highest BCUT2D eigenvalue weighted by molar-refractivity contribution is 5.90. The normalized spacial score (nSPS) is 22.4. The summed E-state index contributed by atoms with van der Waals surface area (Å²) in [5, 5.41) is 9.54. The van der Waals surface area contributed by atoms with Crippen molar-refractivity contribution in [2.75, 3.05) is 0 Å². The fourth-order valence-corrected chi connectivity index (χ4v) is 4.13. The van der Waals surface area contributed by atoms with Crippen molar-refractivity contribution in [1.82, 2.24) is 16.0 Å². The third-order valence-corrected chi connectivity index (χ3v) is 6.14. The molecule has 0 unspecified atom stereocenters. The first-order chi connectivity index (χ1) is 13.1. The van der Waals surface area contributed by atoms with Crippen LogP contribution in [0.2, 0.25) is 0 Å². The third-order valence-electron chi connectivity index (χ3n) is 6.14. The van der Waals surface area contributed by atoms with E-state index < -0.39 is 6.04 Å². The van der Waals surface area contributed by atoms with E-state index in [9.17, 15) is 9.59 Å². The Bertz CT molecular complexity index is 655. The van der Waals surface area contributed by atoms with Crippen molar-refractivity contribution in [3.05, 3.63) is 35.4 Å². The molecule has 5 nitrogen and oxygen atoms in total. The van der Waals surface area contributed by atoms with Crippen molar-refractivity contribution in [1.29, 1.82) is 0 Å². The summed E-state index contributed by atoms with van der Waals surface area (Å²) in [6.45, 7) is 4.79. The lowest BCUT2D eigenvalue weighted by Gasteiger charge is -2.31. The Morgan fingerprint density at radius 2 is 1.85 bits per heavy atom. The fourth-order valence-electron chi connectivity index (χ4n) is 4.13. The standard InChI is InChI=1S/C22H33N3O2/c1-3-15(2)20(22(27)24-18-11-5-4-6-12-18)25-21(26)19-13-16-9-7-8-10-17(16)14-23-19/h7-10,15,18-20,23H,3-6,11-14H2,1-2H3,(H,24,27)(H,25,26)/t15-,19+,20+/m1/s1. The number of amides is 2. The van der Waals surface area contributed by atoms with Gasteiger partial charge in [0, 0.05) is 12.6 Å². The number of nitrogens with one attached hydrogen (secondary N) is 3. The molecule has 1 heterocycles. The molecule has 2 aliphatic rings. The molecule has 2 amide bonds. The van der Waals surface area contributed by atoms with E-state index in [1.54, 1.807) is 0 Å². The van der Waals surface area contributed by atoms with Gasteiger partial charge in [-0.25, -0.2) is 0 Å². The number of carbonyl (C=O) groups is 2. The largest absolute Gasteiger partial charge is 0.352 e. The van der Waals surface area contributed by atoms with Crippen molar-refractivity contribution < 1.29 is 9.59 Å². The molecule has 1 aromatic carbocycles. The summed E-state index contributed by atoms with van der Waals surface area (Å²) in [5.74, 6) is 0.00261. The average molecular weight is 372 g/mol. The fraction of sp³-hybridized carbons (Fsp3) is 0.636. The predicted molar refractivity (Wildman–Crippen MR) is 107 cm³/mol. The molecule has 1 saturated carbocycles. The van der Waals surface area contributed by atoms with Crippen LogP contribution >= 0.6 is 0 Å². The first kappa shape index (κ1) is 19.9. The summed E-state index contributed by atoms with van der Waals surface area (Å²) in [7, 11) is 0. The number of carbonyl (C=O) groups excluding carboxylic acids is 2. The molecule has 3 N–H and O–H groups in total. The molecule has 1 aliphatic carbocycles. The van der Waals surface area contributed by atoms with E-state index in [0.29, 0.717) is 13.0 Å². The Morgan fingerprint density at radius 3 is 2.56 bits per heavy atom. The van der Waals surface area contributed by atoms with E-state index in [1.165, 1.54) is 30.4 Å². The molecular weight excluding hydrogens is 338 g/mol. The van der Waals surface area contributed by atoms with Crippen molar-refractivity contribution in [2.24, 2.45) is 5.92 Å². The van der Waals surface area contributed by atoms with Crippen LogP contribution in [0.5, 0.6) is 0 Å². The van der Waals surface area contributed by atoms with Crippen LogP contribution < -0.4 is 16.0 Å². The van der Waals surface area contributed by atoms with Gasteiger partial charge in [-0.05, 0) is 36.3 Å². The summed E-state index contributed by atoms with van der Waals surface area (Å²) in [4.78, 5) is 25.8. The van der Waals surface area contributed by atoms with Gasteiger partial charge in [0.2, 0.25) is 11.8 Å². The number of benzene rings is 1. The first-order valence-corrected chi connectivity index (χ1v) is 10.5. The van der Waals surface area contributed by atoms with Crippen molar-refractivity contribution in [2.45, 2.75) is 83.5 Å². The highest BCUT2D eigenvalue weighted by atomic mass is 16.2. The van der Waals surface area contributed by atoms with Crippen molar-refractivity contribution >= 4 is 11.8 Å². The number of fused-ring (bicyclic) bond motifs is 1. The molecule has 1 aromatic rings. The van der Waals surface area contributed by atoms with E-state index in [4.69, 9.17) is 0 Å². The van der Waals surface area contributed by atoms with Crippen LogP contribution in [0.25, 0.3) is 0 Å². The summed E-state index contributed by atoms with van der Waals surface area (Å²) >= 11 is 0. The van der Waals surface area contributed by atoms with Crippen LogP contribution in [0, 0.1) is 5.92 Å². The summed E-state index contributed by atoms with van der Waals surface area (Å²) in [5.41, 5.74) is 2.46. The molecule has 1 aliphatic heterocycles. The average Bonchev–Trinajstić information content (AvgIpc) is 2.71. The van der Waals surface area contributed by atoms with Gasteiger partial charge in [-0.1, -0.05) is 63.8 Å². The molecule has 3 atom stereocenters. The van der Waals surface area contributed by atoms with Crippen LogP contribution in [-0.4, -0.2) is 29.9 Å². The second-order valence-electron chi connectivity index (χ2n) is 8.12. The highest BCUT2D eigenvalue weighted by Gasteiger charge is 2.31. The molecule has 3 rings (SSSR count). The van der Waals surface area contributed by atoms with Gasteiger partial charge in [-0.15, -0.1) is 0 Å². The third kappa shape index (κ3) is 5.10. The summed E-state index contributed by atoms with van der Waals surface area (Å²) < 4.78 is 0. The molecular formula is C22H33N3O2. The number of hydrogen-bond donors (Lipinski definition) is 3. The minimum Gasteiger partial charge on any atom is -0.352 e. The van der Waals surface area contributed by atoms with Gasteiger partial charge in [-0.2, -0.15) is 0 Å². The van der Waals surface area contributed by atoms with E-state index in [0.717, 1.165) is 19.3 Å². The van der Waals surface area contributed by atoms with Crippen LogP contribution in [0.3, 0.4) is 0 Å². The lowest BCUT2D eigenvalue weighted by Crippen LogP contribution is -2.57. The van der Waals surface area contributed by atoms with Crippen LogP contribution in [-0.2, 0) is 22.6 Å². The van der Waals surface area contributed by atoms with E-state index in [1.807, 2.05) is 19.1 Å². The summed E-state index contributed by atoms with van der Waals surface area (Å²) in [6, 6.07) is 7.72. The second kappa shape index (κ2) is 9.36. The Morgan fingerprint density at radius 1 is 1.15 bits per heavy atom. The Balaban J connectivity index is 1.61. The van der Waals surface area contributed by atoms with Crippen LogP contribution in [0.15, 0.2) is 24.3 Å². The van der Waals surface area contributed by atoms with Gasteiger partial charge in [-0.3, -0.25) is 9.59 Å². The number of rotatable bonds is 6. The van der Waals surface area contributed by atoms with E-state index in [2.05, 4.69) is 35.0 Å². The zero-order valence-electron chi connectivity index (χ0n) is 16.6. The molecule has 0 bridgehead atoms. The lowest BCUT2D eigenvalue weighted by molar-refractivity contribution is -0.131. The van der Waals surface area contributed by atoms with Crippen molar-refractivity contribution in [3.8, 4) is 0 Å². The quantitative estimate of drug-likeness (QED) is 0.720. The Kier molecular flexibility index (Phi) is 6.89. The van der Waals surface area contributed by atoms with E-state index in [-0.39, 0.29) is 29.8 Å². The molecule has 1 fully saturated rings. The molecule has 148 valence electrons. The van der Waals surface area contributed by atoms with Gasteiger partial charge >= 0.3 is 0 Å². The zero-order chi connectivity index (χ0) is 19.2. The molecule has 5 heteroatoms. The first-order valence-electron chi connectivity index (χ1n) is 10.5. The molecule has 0 aromatic heterocycles.